The zero-order valence-electron chi connectivity index (χ0n) is 12.5. The fourth-order valence-electron chi connectivity index (χ4n) is 2.12. The van der Waals surface area contributed by atoms with Crippen LogP contribution in [0.1, 0.15) is 16.2 Å². The van der Waals surface area contributed by atoms with Gasteiger partial charge in [0.25, 0.3) is 5.91 Å². The summed E-state index contributed by atoms with van der Waals surface area (Å²) in [5, 5.41) is 6.85. The molecule has 114 valence electrons. The highest BCUT2D eigenvalue weighted by Gasteiger charge is 2.19. The van der Waals surface area contributed by atoms with E-state index in [1.54, 1.807) is 23.1 Å². The van der Waals surface area contributed by atoms with E-state index in [-0.39, 0.29) is 12.4 Å². The Bertz CT molecular complexity index is 872. The molecule has 0 aliphatic rings. The Hall–Kier alpha value is -3.33. The van der Waals surface area contributed by atoms with Gasteiger partial charge >= 0.3 is 0 Å². The lowest BCUT2D eigenvalue weighted by molar-refractivity contribution is 0.0948. The van der Waals surface area contributed by atoms with E-state index in [0.717, 1.165) is 11.3 Å². The molecular weight excluding hydrogens is 292 g/mol. The maximum atomic E-state index is 12.1. The third kappa shape index (κ3) is 2.99. The van der Waals surface area contributed by atoms with E-state index in [1.807, 2.05) is 31.2 Å². The highest BCUT2D eigenvalue weighted by atomic mass is 16.3. The summed E-state index contributed by atoms with van der Waals surface area (Å²) in [6.07, 6.45) is 6.69. The van der Waals surface area contributed by atoms with Crippen LogP contribution in [0.15, 0.2) is 47.1 Å². The zero-order valence-corrected chi connectivity index (χ0v) is 12.5. The van der Waals surface area contributed by atoms with Crippen LogP contribution in [-0.2, 0) is 0 Å². The summed E-state index contributed by atoms with van der Waals surface area (Å²) in [6.45, 7) is 2.10. The van der Waals surface area contributed by atoms with Crippen molar-refractivity contribution in [1.82, 2.24) is 20.1 Å². The Balaban J connectivity index is 2.08. The minimum absolute atomic E-state index is 0.0353. The van der Waals surface area contributed by atoms with E-state index in [0.29, 0.717) is 11.6 Å². The van der Waals surface area contributed by atoms with E-state index < -0.39 is 5.91 Å². The predicted molar refractivity (Wildman–Crippen MR) is 85.0 cm³/mol. The third-order valence-electron chi connectivity index (χ3n) is 3.15. The number of aromatic nitrogens is 3. The second-order valence-corrected chi connectivity index (χ2v) is 4.87. The first-order valence-electron chi connectivity index (χ1n) is 6.98. The van der Waals surface area contributed by atoms with Crippen molar-refractivity contribution < 1.29 is 9.21 Å². The fourth-order valence-corrected chi connectivity index (χ4v) is 2.12. The number of terminal acetylenes is 1. The Morgan fingerprint density at radius 1 is 1.39 bits per heavy atom. The molecule has 2 aromatic heterocycles. The molecule has 1 N–H and O–H groups in total. The summed E-state index contributed by atoms with van der Waals surface area (Å²) < 4.78 is 6.98. The first kappa shape index (κ1) is 14.6. The van der Waals surface area contributed by atoms with Crippen molar-refractivity contribution in [3.8, 4) is 29.6 Å². The molecule has 0 aliphatic carbocycles. The van der Waals surface area contributed by atoms with Crippen LogP contribution in [0.2, 0.25) is 0 Å². The smallest absolute Gasteiger partial charge is 0.291 e. The SMILES string of the molecule is C#CCNC(=O)c1nc(-c2ccco2)n(-c2cccc(C)c2)n1. The van der Waals surface area contributed by atoms with Crippen molar-refractivity contribution in [2.75, 3.05) is 6.54 Å². The minimum Gasteiger partial charge on any atom is -0.461 e. The van der Waals surface area contributed by atoms with Crippen molar-refractivity contribution in [2.24, 2.45) is 0 Å². The summed E-state index contributed by atoms with van der Waals surface area (Å²) in [7, 11) is 0. The molecule has 3 aromatic rings. The van der Waals surface area contributed by atoms with E-state index in [9.17, 15) is 4.79 Å². The maximum absolute atomic E-state index is 12.1. The Kier molecular flexibility index (Phi) is 3.93. The van der Waals surface area contributed by atoms with E-state index in [1.165, 1.54) is 0 Å². The number of benzene rings is 1. The van der Waals surface area contributed by atoms with Crippen molar-refractivity contribution >= 4 is 5.91 Å². The first-order chi connectivity index (χ1) is 11.2. The molecule has 0 saturated carbocycles. The summed E-state index contributed by atoms with van der Waals surface area (Å²) >= 11 is 0. The number of carbonyl (C=O) groups excluding carboxylic acids is 1. The van der Waals surface area contributed by atoms with Crippen LogP contribution in [0.5, 0.6) is 0 Å². The number of nitrogens with zero attached hydrogens (tertiary/aromatic N) is 3. The lowest BCUT2D eigenvalue weighted by Gasteiger charge is -2.04. The van der Waals surface area contributed by atoms with Gasteiger partial charge in [-0.2, -0.15) is 4.98 Å². The van der Waals surface area contributed by atoms with E-state index in [2.05, 4.69) is 21.3 Å². The van der Waals surface area contributed by atoms with Crippen molar-refractivity contribution in [2.45, 2.75) is 6.92 Å². The maximum Gasteiger partial charge on any atom is 0.291 e. The second kappa shape index (κ2) is 6.20. The lowest BCUT2D eigenvalue weighted by atomic mass is 10.2. The molecule has 0 aliphatic heterocycles. The average Bonchev–Trinajstić information content (AvgIpc) is 3.21. The number of furan rings is 1. The predicted octanol–water partition coefficient (Wildman–Crippen LogP) is 2.20. The number of nitrogens with one attached hydrogen (secondary N) is 1. The second-order valence-electron chi connectivity index (χ2n) is 4.87. The normalized spacial score (nSPS) is 10.3. The van der Waals surface area contributed by atoms with Gasteiger partial charge in [-0.3, -0.25) is 4.79 Å². The molecular formula is C17H14N4O2. The number of rotatable bonds is 4. The van der Waals surface area contributed by atoms with Gasteiger partial charge in [0.1, 0.15) is 0 Å². The Morgan fingerprint density at radius 2 is 2.26 bits per heavy atom. The summed E-state index contributed by atoms with van der Waals surface area (Å²) in [4.78, 5) is 16.4. The van der Waals surface area contributed by atoms with E-state index in [4.69, 9.17) is 10.8 Å². The standard InChI is InChI=1S/C17H14N4O2/c1-3-9-18-17(22)15-19-16(14-8-5-10-23-14)21(20-15)13-7-4-6-12(2)11-13/h1,4-8,10-11H,9H2,2H3,(H,18,22). The molecule has 0 radical (unpaired) electrons. The summed E-state index contributed by atoms with van der Waals surface area (Å²) in [5.74, 6) is 2.92. The van der Waals surface area contributed by atoms with Gasteiger partial charge in [-0.05, 0) is 36.8 Å². The molecule has 1 aromatic carbocycles. The van der Waals surface area contributed by atoms with Gasteiger partial charge in [0.15, 0.2) is 11.6 Å². The molecule has 23 heavy (non-hydrogen) atoms. The number of carbonyl (C=O) groups is 1. The molecule has 0 saturated heterocycles. The zero-order chi connectivity index (χ0) is 16.2. The first-order valence-corrected chi connectivity index (χ1v) is 6.98. The van der Waals surface area contributed by atoms with Gasteiger partial charge in [0.2, 0.25) is 5.82 Å². The van der Waals surface area contributed by atoms with Gasteiger partial charge in [-0.1, -0.05) is 18.1 Å². The molecule has 1 amide bonds. The largest absolute Gasteiger partial charge is 0.461 e. The number of amides is 1. The van der Waals surface area contributed by atoms with Crippen molar-refractivity contribution in [1.29, 1.82) is 0 Å². The molecule has 6 nitrogen and oxygen atoms in total. The van der Waals surface area contributed by atoms with Crippen LogP contribution in [-0.4, -0.2) is 27.2 Å². The minimum atomic E-state index is -0.429. The number of hydrogen-bond acceptors (Lipinski definition) is 4. The number of aryl methyl sites for hydroxylation is 1. The molecule has 0 bridgehead atoms. The van der Waals surface area contributed by atoms with Crippen molar-refractivity contribution in [3.05, 3.63) is 54.0 Å². The fraction of sp³-hybridized carbons (Fsp3) is 0.118. The Morgan fingerprint density at radius 3 is 2.96 bits per heavy atom. The van der Waals surface area contributed by atoms with Crippen LogP contribution in [0.3, 0.4) is 0 Å². The average molecular weight is 306 g/mol. The molecule has 6 heteroatoms. The van der Waals surface area contributed by atoms with Gasteiger partial charge in [-0.25, -0.2) is 4.68 Å². The highest BCUT2D eigenvalue weighted by Crippen LogP contribution is 2.22. The summed E-state index contributed by atoms with van der Waals surface area (Å²) in [5.41, 5.74) is 1.86. The summed E-state index contributed by atoms with van der Waals surface area (Å²) in [6, 6.07) is 11.2. The monoisotopic (exact) mass is 306 g/mol. The third-order valence-corrected chi connectivity index (χ3v) is 3.15. The number of hydrogen-bond donors (Lipinski definition) is 1. The quantitative estimate of drug-likeness (QED) is 0.750. The van der Waals surface area contributed by atoms with Crippen LogP contribution in [0.4, 0.5) is 0 Å². The van der Waals surface area contributed by atoms with Crippen molar-refractivity contribution in [3.63, 3.8) is 0 Å². The molecule has 2 heterocycles. The van der Waals surface area contributed by atoms with Crippen LogP contribution >= 0.6 is 0 Å². The van der Waals surface area contributed by atoms with Crippen LogP contribution in [0.25, 0.3) is 17.3 Å². The molecule has 0 unspecified atom stereocenters. The molecule has 0 atom stereocenters. The molecule has 0 spiro atoms. The Labute approximate surface area is 133 Å². The molecule has 0 fully saturated rings. The topological polar surface area (TPSA) is 73.0 Å². The van der Waals surface area contributed by atoms with Gasteiger partial charge < -0.3 is 9.73 Å². The van der Waals surface area contributed by atoms with Crippen LogP contribution in [0, 0.1) is 19.3 Å². The highest BCUT2D eigenvalue weighted by molar-refractivity contribution is 5.91. The van der Waals surface area contributed by atoms with E-state index >= 15 is 0 Å². The van der Waals surface area contributed by atoms with Gasteiger partial charge in [0, 0.05) is 0 Å². The van der Waals surface area contributed by atoms with Gasteiger partial charge in [0.05, 0.1) is 18.5 Å². The van der Waals surface area contributed by atoms with Crippen LogP contribution < -0.4 is 5.32 Å². The molecule has 3 rings (SSSR count). The van der Waals surface area contributed by atoms with Gasteiger partial charge in [-0.15, -0.1) is 11.5 Å². The lowest BCUT2D eigenvalue weighted by Crippen LogP contribution is -2.24.